The molecule has 1 aromatic heterocycles. The van der Waals surface area contributed by atoms with Crippen molar-refractivity contribution in [3.63, 3.8) is 0 Å². The number of aryl methyl sites for hydroxylation is 2. The minimum Gasteiger partial charge on any atom is -0.340 e. The van der Waals surface area contributed by atoms with Crippen molar-refractivity contribution < 1.29 is 4.79 Å². The molecule has 0 unspecified atom stereocenters. The van der Waals surface area contributed by atoms with Crippen molar-refractivity contribution in [1.29, 1.82) is 0 Å². The predicted octanol–water partition coefficient (Wildman–Crippen LogP) is 4.77. The van der Waals surface area contributed by atoms with Gasteiger partial charge in [0.25, 0.3) is 0 Å². The zero-order valence-electron chi connectivity index (χ0n) is 12.4. The van der Waals surface area contributed by atoms with E-state index in [1.807, 2.05) is 19.2 Å². The predicted molar refractivity (Wildman–Crippen MR) is 92.4 cm³/mol. The number of carbonyl (C=O) groups is 1. The number of amides is 1. The number of hydrogen-bond acceptors (Lipinski definition) is 3. The average Bonchev–Trinajstić information content (AvgIpc) is 2.82. The lowest BCUT2D eigenvalue weighted by molar-refractivity contribution is -0.127. The molecule has 2 rings (SSSR count). The summed E-state index contributed by atoms with van der Waals surface area (Å²) in [6.45, 7) is 4.77. The summed E-state index contributed by atoms with van der Waals surface area (Å²) in [5.41, 5.74) is 2.47. The van der Waals surface area contributed by atoms with Gasteiger partial charge in [-0.3, -0.25) is 4.79 Å². The summed E-state index contributed by atoms with van der Waals surface area (Å²) in [5.74, 6) is 0.587. The van der Waals surface area contributed by atoms with E-state index in [1.165, 1.54) is 27.4 Å². The van der Waals surface area contributed by atoms with E-state index in [0.29, 0.717) is 12.3 Å². The minimum atomic E-state index is 0.129. The zero-order valence-corrected chi connectivity index (χ0v) is 14.7. The minimum absolute atomic E-state index is 0.129. The molecule has 0 N–H and O–H groups in total. The summed E-state index contributed by atoms with van der Waals surface area (Å²) in [6, 6.07) is 10.1. The van der Waals surface area contributed by atoms with Crippen molar-refractivity contribution in [2.75, 3.05) is 12.8 Å². The normalized spacial score (nSPS) is 10.7. The molecule has 5 heteroatoms. The standard InChI is InChI=1S/C16H18ClNOS2/c1-11-4-6-14(12(2)8-11)20-10-16(19)18(3)9-13-5-7-15(17)21-13/h4-8H,9-10H2,1-3H3. The van der Waals surface area contributed by atoms with Gasteiger partial charge in [0.05, 0.1) is 16.6 Å². The molecular formula is C16H18ClNOS2. The van der Waals surface area contributed by atoms with Crippen LogP contribution in [0.2, 0.25) is 4.34 Å². The molecule has 0 spiro atoms. The first-order valence-corrected chi connectivity index (χ1v) is 8.82. The molecule has 0 saturated heterocycles. The van der Waals surface area contributed by atoms with Gasteiger partial charge in [0.15, 0.2) is 0 Å². The largest absolute Gasteiger partial charge is 0.340 e. The number of halogens is 1. The Morgan fingerprint density at radius 1 is 1.29 bits per heavy atom. The van der Waals surface area contributed by atoms with Crippen LogP contribution >= 0.6 is 34.7 Å². The van der Waals surface area contributed by atoms with Crippen molar-refractivity contribution in [2.24, 2.45) is 0 Å². The van der Waals surface area contributed by atoms with Crippen molar-refractivity contribution in [1.82, 2.24) is 4.90 Å². The first-order chi connectivity index (χ1) is 9.95. The molecule has 112 valence electrons. The van der Waals surface area contributed by atoms with Crippen LogP contribution in [0.15, 0.2) is 35.2 Å². The van der Waals surface area contributed by atoms with Gasteiger partial charge in [-0.05, 0) is 37.6 Å². The molecule has 1 aromatic carbocycles. The van der Waals surface area contributed by atoms with Gasteiger partial charge >= 0.3 is 0 Å². The summed E-state index contributed by atoms with van der Waals surface area (Å²) in [7, 11) is 1.83. The van der Waals surface area contributed by atoms with E-state index >= 15 is 0 Å². The number of hydrogen-bond donors (Lipinski definition) is 0. The highest BCUT2D eigenvalue weighted by Gasteiger charge is 2.11. The Hall–Kier alpha value is -0.970. The molecule has 0 radical (unpaired) electrons. The smallest absolute Gasteiger partial charge is 0.233 e. The van der Waals surface area contributed by atoms with E-state index in [9.17, 15) is 4.79 Å². The Bertz CT molecular complexity index is 639. The lowest BCUT2D eigenvalue weighted by Gasteiger charge is -2.16. The maximum atomic E-state index is 12.2. The number of thioether (sulfide) groups is 1. The van der Waals surface area contributed by atoms with E-state index in [0.717, 1.165) is 9.21 Å². The summed E-state index contributed by atoms with van der Waals surface area (Å²) in [5, 5.41) is 0. The molecule has 1 amide bonds. The maximum Gasteiger partial charge on any atom is 0.233 e. The number of rotatable bonds is 5. The highest BCUT2D eigenvalue weighted by atomic mass is 35.5. The second-order valence-corrected chi connectivity index (χ2v) is 7.83. The second kappa shape index (κ2) is 7.34. The molecule has 21 heavy (non-hydrogen) atoms. The van der Waals surface area contributed by atoms with Gasteiger partial charge in [-0.25, -0.2) is 0 Å². The van der Waals surface area contributed by atoms with Crippen molar-refractivity contribution in [3.05, 3.63) is 50.7 Å². The van der Waals surface area contributed by atoms with Crippen LogP contribution < -0.4 is 0 Å². The van der Waals surface area contributed by atoms with E-state index in [4.69, 9.17) is 11.6 Å². The Morgan fingerprint density at radius 2 is 2.05 bits per heavy atom. The molecule has 0 aliphatic rings. The van der Waals surface area contributed by atoms with Gasteiger partial charge < -0.3 is 4.90 Å². The first kappa shape index (κ1) is 16.4. The Balaban J connectivity index is 1.89. The van der Waals surface area contributed by atoms with E-state index in [2.05, 4.69) is 32.0 Å². The SMILES string of the molecule is Cc1ccc(SCC(=O)N(C)Cc2ccc(Cl)s2)c(C)c1. The molecule has 0 fully saturated rings. The third-order valence-electron chi connectivity index (χ3n) is 3.13. The number of benzene rings is 1. The summed E-state index contributed by atoms with van der Waals surface area (Å²) < 4.78 is 0.760. The maximum absolute atomic E-state index is 12.2. The van der Waals surface area contributed by atoms with Crippen LogP contribution in [0.1, 0.15) is 16.0 Å². The van der Waals surface area contributed by atoms with Crippen LogP contribution in [-0.4, -0.2) is 23.6 Å². The fourth-order valence-electron chi connectivity index (χ4n) is 1.97. The Labute approximate surface area is 139 Å². The Morgan fingerprint density at radius 3 is 2.67 bits per heavy atom. The fraction of sp³-hybridized carbons (Fsp3) is 0.312. The van der Waals surface area contributed by atoms with Crippen molar-refractivity contribution >= 4 is 40.6 Å². The Kier molecular flexibility index (Phi) is 5.73. The first-order valence-electron chi connectivity index (χ1n) is 6.64. The summed E-state index contributed by atoms with van der Waals surface area (Å²) >= 11 is 9.02. The van der Waals surface area contributed by atoms with Gasteiger partial charge in [-0.1, -0.05) is 29.3 Å². The fourth-order valence-corrected chi connectivity index (χ4v) is 4.06. The van der Waals surface area contributed by atoms with E-state index in [-0.39, 0.29) is 5.91 Å². The summed E-state index contributed by atoms with van der Waals surface area (Å²) in [4.78, 5) is 16.2. The molecule has 0 aliphatic carbocycles. The molecule has 0 aliphatic heterocycles. The third-order valence-corrected chi connectivity index (χ3v) is 5.51. The van der Waals surface area contributed by atoms with Crippen molar-refractivity contribution in [3.8, 4) is 0 Å². The molecule has 2 aromatic rings. The highest BCUT2D eigenvalue weighted by molar-refractivity contribution is 8.00. The van der Waals surface area contributed by atoms with Gasteiger partial charge in [0, 0.05) is 16.8 Å². The van der Waals surface area contributed by atoms with Crippen LogP contribution in [0.25, 0.3) is 0 Å². The van der Waals surface area contributed by atoms with Crippen LogP contribution in [0.4, 0.5) is 0 Å². The highest BCUT2D eigenvalue weighted by Crippen LogP contribution is 2.25. The van der Waals surface area contributed by atoms with Crippen LogP contribution in [0.5, 0.6) is 0 Å². The number of thiophene rings is 1. The average molecular weight is 340 g/mol. The third kappa shape index (κ3) is 4.77. The molecule has 1 heterocycles. The van der Waals surface area contributed by atoms with Crippen LogP contribution in [0.3, 0.4) is 0 Å². The van der Waals surface area contributed by atoms with Gasteiger partial charge in [-0.15, -0.1) is 23.1 Å². The lowest BCUT2D eigenvalue weighted by atomic mass is 10.2. The van der Waals surface area contributed by atoms with E-state index in [1.54, 1.807) is 16.7 Å². The van der Waals surface area contributed by atoms with Crippen LogP contribution in [0, 0.1) is 13.8 Å². The van der Waals surface area contributed by atoms with Gasteiger partial charge in [0.2, 0.25) is 5.91 Å². The number of carbonyl (C=O) groups excluding carboxylic acids is 1. The second-order valence-electron chi connectivity index (χ2n) is 5.01. The summed E-state index contributed by atoms with van der Waals surface area (Å²) in [6.07, 6.45) is 0. The zero-order chi connectivity index (χ0) is 15.4. The molecule has 2 nitrogen and oxygen atoms in total. The lowest BCUT2D eigenvalue weighted by Crippen LogP contribution is -2.27. The molecule has 0 atom stereocenters. The molecular weight excluding hydrogens is 322 g/mol. The van der Waals surface area contributed by atoms with E-state index < -0.39 is 0 Å². The monoisotopic (exact) mass is 339 g/mol. The quantitative estimate of drug-likeness (QED) is 0.731. The molecule has 0 saturated carbocycles. The van der Waals surface area contributed by atoms with Crippen LogP contribution in [-0.2, 0) is 11.3 Å². The topological polar surface area (TPSA) is 20.3 Å². The van der Waals surface area contributed by atoms with Gasteiger partial charge in [0.1, 0.15) is 0 Å². The number of nitrogens with zero attached hydrogens (tertiary/aromatic N) is 1. The van der Waals surface area contributed by atoms with Gasteiger partial charge in [-0.2, -0.15) is 0 Å². The molecule has 0 bridgehead atoms. The van der Waals surface area contributed by atoms with Crippen molar-refractivity contribution in [2.45, 2.75) is 25.3 Å².